The van der Waals surface area contributed by atoms with E-state index in [0.717, 1.165) is 39.0 Å². The summed E-state index contributed by atoms with van der Waals surface area (Å²) >= 11 is 0. The summed E-state index contributed by atoms with van der Waals surface area (Å²) in [5.74, 6) is 0.497. The van der Waals surface area contributed by atoms with Gasteiger partial charge in [0.2, 0.25) is 0 Å². The van der Waals surface area contributed by atoms with Crippen LogP contribution in [0, 0.1) is 5.92 Å². The Labute approximate surface area is 134 Å². The second-order valence-electron chi connectivity index (χ2n) is 6.35. The third kappa shape index (κ3) is 3.71. The molecule has 124 valence electrons. The molecule has 0 radical (unpaired) electrons. The maximum atomic E-state index is 12.6. The largest absolute Gasteiger partial charge is 0.314 e. The number of rotatable bonds is 3. The van der Waals surface area contributed by atoms with E-state index in [1.807, 2.05) is 0 Å². The summed E-state index contributed by atoms with van der Waals surface area (Å²) in [5.41, 5.74) is 0. The van der Waals surface area contributed by atoms with Gasteiger partial charge in [0.1, 0.15) is 0 Å². The number of nitrogens with zero attached hydrogens (tertiary/aromatic N) is 3. The van der Waals surface area contributed by atoms with Crippen molar-refractivity contribution in [3.05, 3.63) is 0 Å². The van der Waals surface area contributed by atoms with Gasteiger partial charge in [-0.25, -0.2) is 0 Å². The van der Waals surface area contributed by atoms with Crippen molar-refractivity contribution in [2.45, 2.75) is 25.8 Å². The Morgan fingerprint density at radius 3 is 2.19 bits per heavy atom. The van der Waals surface area contributed by atoms with Gasteiger partial charge in [0.05, 0.1) is 0 Å². The molecule has 0 aromatic heterocycles. The minimum Gasteiger partial charge on any atom is -0.314 e. The second kappa shape index (κ2) is 7.10. The van der Waals surface area contributed by atoms with Gasteiger partial charge < -0.3 is 5.32 Å². The first-order chi connectivity index (χ1) is 9.57. The predicted molar refractivity (Wildman–Crippen MR) is 85.9 cm³/mol. The van der Waals surface area contributed by atoms with Crippen LogP contribution in [0.4, 0.5) is 0 Å². The van der Waals surface area contributed by atoms with Crippen molar-refractivity contribution in [1.82, 2.24) is 18.8 Å². The van der Waals surface area contributed by atoms with Crippen LogP contribution in [0.2, 0.25) is 0 Å². The van der Waals surface area contributed by atoms with Crippen LogP contribution in [-0.2, 0) is 10.2 Å². The number of hydrogen-bond donors (Lipinski definition) is 1. The molecule has 0 aliphatic carbocycles. The summed E-state index contributed by atoms with van der Waals surface area (Å²) < 4.78 is 28.6. The molecule has 21 heavy (non-hydrogen) atoms. The zero-order chi connectivity index (χ0) is 14.2. The fraction of sp³-hybridized carbons (Fsp3) is 1.00. The van der Waals surface area contributed by atoms with Crippen LogP contribution >= 0.6 is 12.4 Å². The lowest BCUT2D eigenvalue weighted by molar-refractivity contribution is 0.179. The molecule has 0 saturated carbocycles. The van der Waals surface area contributed by atoms with Crippen LogP contribution in [0.1, 0.15) is 19.8 Å². The molecule has 3 aliphatic rings. The van der Waals surface area contributed by atoms with Crippen molar-refractivity contribution in [3.8, 4) is 0 Å². The van der Waals surface area contributed by atoms with Crippen molar-refractivity contribution in [2.24, 2.45) is 5.92 Å². The highest BCUT2D eigenvalue weighted by molar-refractivity contribution is 7.86. The van der Waals surface area contributed by atoms with Crippen molar-refractivity contribution >= 4 is 22.6 Å². The third-order valence-corrected chi connectivity index (χ3v) is 6.80. The summed E-state index contributed by atoms with van der Waals surface area (Å²) in [6.07, 6.45) is 1.97. The van der Waals surface area contributed by atoms with E-state index in [4.69, 9.17) is 0 Å². The predicted octanol–water partition coefficient (Wildman–Crippen LogP) is -0.0257. The van der Waals surface area contributed by atoms with Crippen LogP contribution in [0.3, 0.4) is 0 Å². The molecule has 2 unspecified atom stereocenters. The summed E-state index contributed by atoms with van der Waals surface area (Å²) in [5, 5.41) is 3.35. The van der Waals surface area contributed by atoms with E-state index < -0.39 is 10.2 Å². The zero-order valence-corrected chi connectivity index (χ0v) is 14.3. The first-order valence-corrected chi connectivity index (χ1v) is 9.17. The van der Waals surface area contributed by atoms with E-state index in [0.29, 0.717) is 38.1 Å². The fourth-order valence-electron chi connectivity index (χ4n) is 3.53. The Balaban J connectivity index is 0.00000161. The zero-order valence-electron chi connectivity index (χ0n) is 12.7. The standard InChI is InChI=1S/C13H26N4O2S.ClH/c1-12-2-6-16(10-12)20(18,19)17-7-3-13(11-17)15-8-4-14-5-9-15;/h12-14H,2-11H2,1H3;1H. The average molecular weight is 339 g/mol. The van der Waals surface area contributed by atoms with Crippen LogP contribution in [-0.4, -0.2) is 80.3 Å². The minimum absolute atomic E-state index is 0. The smallest absolute Gasteiger partial charge is 0.282 e. The molecule has 0 amide bonds. The van der Waals surface area contributed by atoms with E-state index in [9.17, 15) is 8.42 Å². The van der Waals surface area contributed by atoms with Gasteiger partial charge in [-0.15, -0.1) is 12.4 Å². The SMILES string of the molecule is CC1CCN(S(=O)(=O)N2CCC(N3CCNCC3)C2)C1.Cl. The molecule has 3 aliphatic heterocycles. The first kappa shape index (κ1) is 17.4. The van der Waals surface area contributed by atoms with Crippen molar-refractivity contribution in [3.63, 3.8) is 0 Å². The molecule has 3 saturated heterocycles. The van der Waals surface area contributed by atoms with Gasteiger partial charge in [0, 0.05) is 58.4 Å². The Morgan fingerprint density at radius 2 is 1.57 bits per heavy atom. The van der Waals surface area contributed by atoms with Gasteiger partial charge in [0.25, 0.3) is 10.2 Å². The van der Waals surface area contributed by atoms with Crippen LogP contribution in [0.15, 0.2) is 0 Å². The van der Waals surface area contributed by atoms with E-state index in [2.05, 4.69) is 17.1 Å². The van der Waals surface area contributed by atoms with Crippen molar-refractivity contribution < 1.29 is 8.42 Å². The first-order valence-electron chi connectivity index (χ1n) is 7.77. The third-order valence-electron chi connectivity index (χ3n) is 4.83. The maximum absolute atomic E-state index is 12.6. The molecule has 8 heteroatoms. The monoisotopic (exact) mass is 338 g/mol. The molecular formula is C13H27ClN4O2S. The molecule has 0 bridgehead atoms. The van der Waals surface area contributed by atoms with Crippen LogP contribution in [0.5, 0.6) is 0 Å². The second-order valence-corrected chi connectivity index (χ2v) is 8.27. The molecule has 6 nitrogen and oxygen atoms in total. The average Bonchev–Trinajstić information content (AvgIpc) is 3.09. The molecule has 3 heterocycles. The highest BCUT2D eigenvalue weighted by atomic mass is 35.5. The molecule has 0 aromatic carbocycles. The van der Waals surface area contributed by atoms with E-state index in [-0.39, 0.29) is 12.4 Å². The van der Waals surface area contributed by atoms with Gasteiger partial charge >= 0.3 is 0 Å². The molecule has 3 rings (SSSR count). The molecule has 1 N–H and O–H groups in total. The molecular weight excluding hydrogens is 312 g/mol. The summed E-state index contributed by atoms with van der Waals surface area (Å²) in [6.45, 7) is 8.99. The maximum Gasteiger partial charge on any atom is 0.282 e. The van der Waals surface area contributed by atoms with E-state index in [1.165, 1.54) is 0 Å². The molecule has 0 aromatic rings. The number of piperazine rings is 1. The normalized spacial score (nSPS) is 33.2. The topological polar surface area (TPSA) is 55.9 Å². The van der Waals surface area contributed by atoms with Crippen molar-refractivity contribution in [2.75, 3.05) is 52.4 Å². The van der Waals surface area contributed by atoms with Crippen LogP contribution in [0.25, 0.3) is 0 Å². The molecule has 0 spiro atoms. The Hall–Kier alpha value is 0.0800. The highest BCUT2D eigenvalue weighted by Gasteiger charge is 2.39. The van der Waals surface area contributed by atoms with Crippen molar-refractivity contribution in [1.29, 1.82) is 0 Å². The highest BCUT2D eigenvalue weighted by Crippen LogP contribution is 2.25. The molecule has 3 fully saturated rings. The number of halogens is 1. The Morgan fingerprint density at radius 1 is 0.952 bits per heavy atom. The van der Waals surface area contributed by atoms with Crippen LogP contribution < -0.4 is 5.32 Å². The van der Waals surface area contributed by atoms with Gasteiger partial charge in [-0.05, 0) is 18.8 Å². The van der Waals surface area contributed by atoms with Gasteiger partial charge in [-0.2, -0.15) is 17.0 Å². The summed E-state index contributed by atoms with van der Waals surface area (Å²) in [7, 11) is -3.22. The van der Waals surface area contributed by atoms with Gasteiger partial charge in [-0.3, -0.25) is 4.90 Å². The number of hydrogen-bond acceptors (Lipinski definition) is 4. The number of nitrogens with one attached hydrogen (secondary N) is 1. The lowest BCUT2D eigenvalue weighted by Crippen LogP contribution is -2.50. The molecule has 2 atom stereocenters. The lowest BCUT2D eigenvalue weighted by Gasteiger charge is -2.32. The van der Waals surface area contributed by atoms with E-state index >= 15 is 0 Å². The van der Waals surface area contributed by atoms with E-state index in [1.54, 1.807) is 8.61 Å². The summed E-state index contributed by atoms with van der Waals surface area (Å²) in [4.78, 5) is 2.44. The lowest BCUT2D eigenvalue weighted by atomic mass is 10.2. The summed E-state index contributed by atoms with van der Waals surface area (Å²) in [6, 6.07) is 0.409. The Bertz CT molecular complexity index is 441. The minimum atomic E-state index is -3.22. The van der Waals surface area contributed by atoms with Gasteiger partial charge in [-0.1, -0.05) is 6.92 Å². The van der Waals surface area contributed by atoms with Gasteiger partial charge in [0.15, 0.2) is 0 Å². The quantitative estimate of drug-likeness (QED) is 0.785. The Kier molecular flexibility index (Phi) is 5.90. The fourth-order valence-corrected chi connectivity index (χ4v) is 5.34.